The Morgan fingerprint density at radius 3 is 2.67 bits per heavy atom. The van der Waals surface area contributed by atoms with Gasteiger partial charge in [0.25, 0.3) is 5.91 Å². The summed E-state index contributed by atoms with van der Waals surface area (Å²) in [4.78, 5) is 25.8. The predicted molar refractivity (Wildman–Crippen MR) is 94.2 cm³/mol. The molecule has 0 saturated heterocycles. The van der Waals surface area contributed by atoms with Gasteiger partial charge in [-0.3, -0.25) is 4.79 Å². The van der Waals surface area contributed by atoms with Gasteiger partial charge >= 0.3 is 5.97 Å². The summed E-state index contributed by atoms with van der Waals surface area (Å²) in [5.74, 6) is 0.0619. The topological polar surface area (TPSA) is 98.4 Å². The van der Waals surface area contributed by atoms with Crippen LogP contribution in [-0.2, 0) is 17.7 Å². The van der Waals surface area contributed by atoms with Crippen LogP contribution in [0, 0.1) is 0 Å². The lowest BCUT2D eigenvalue weighted by atomic mass is 10.1. The van der Waals surface area contributed by atoms with Crippen molar-refractivity contribution in [1.82, 2.24) is 4.90 Å². The number of rotatable bonds is 8. The third-order valence-corrected chi connectivity index (χ3v) is 4.23. The first kappa shape index (κ1) is 18.8. The van der Waals surface area contributed by atoms with Crippen LogP contribution in [0.3, 0.4) is 0 Å². The lowest BCUT2D eigenvalue weighted by molar-refractivity contribution is 0.0646. The number of methoxy groups -OCH3 is 1. The van der Waals surface area contributed by atoms with E-state index in [9.17, 15) is 14.7 Å². The fourth-order valence-corrected chi connectivity index (χ4v) is 2.85. The molecule has 1 aliphatic rings. The summed E-state index contributed by atoms with van der Waals surface area (Å²) in [7, 11) is 1.55. The van der Waals surface area contributed by atoms with Crippen molar-refractivity contribution >= 4 is 11.9 Å². The molecule has 1 aromatic carbocycles. The maximum Gasteiger partial charge on any atom is 0.339 e. The summed E-state index contributed by atoms with van der Waals surface area (Å²) in [6, 6.07) is 6.74. The van der Waals surface area contributed by atoms with Crippen LogP contribution in [0.2, 0.25) is 0 Å². The second kappa shape index (κ2) is 8.13. The van der Waals surface area contributed by atoms with Crippen LogP contribution in [0.1, 0.15) is 39.2 Å². The van der Waals surface area contributed by atoms with Gasteiger partial charge in [0, 0.05) is 32.7 Å². The van der Waals surface area contributed by atoms with Crippen molar-refractivity contribution in [3.05, 3.63) is 46.9 Å². The summed E-state index contributed by atoms with van der Waals surface area (Å²) >= 11 is 0. The maximum atomic E-state index is 12.9. The quantitative estimate of drug-likeness (QED) is 0.757. The number of aryl methyl sites for hydroxylation is 1. The molecule has 0 aliphatic carbocycles. The molecule has 0 saturated carbocycles. The minimum Gasteiger partial charge on any atom is -0.478 e. The fraction of sp³-hybridized carbons (Fsp3) is 0.368. The molecule has 1 aromatic heterocycles. The lowest BCUT2D eigenvalue weighted by Crippen LogP contribution is -2.33. The normalized spacial score (nSPS) is 12.2. The van der Waals surface area contributed by atoms with Crippen LogP contribution >= 0.6 is 0 Å². The number of carbonyl (C=O) groups excluding carboxylic acids is 1. The number of carboxylic acid groups (broad SMARTS) is 1. The van der Waals surface area contributed by atoms with Crippen molar-refractivity contribution in [2.24, 2.45) is 0 Å². The summed E-state index contributed by atoms with van der Waals surface area (Å²) in [6.07, 6.45) is 0.384. The van der Waals surface area contributed by atoms with Gasteiger partial charge in [-0.15, -0.1) is 0 Å². The highest BCUT2D eigenvalue weighted by atomic mass is 16.7. The molecule has 27 heavy (non-hydrogen) atoms. The number of aromatic carboxylic acids is 1. The van der Waals surface area contributed by atoms with Gasteiger partial charge in [-0.05, 0) is 17.7 Å². The van der Waals surface area contributed by atoms with Gasteiger partial charge in [-0.25, -0.2) is 4.79 Å². The van der Waals surface area contributed by atoms with Crippen LogP contribution < -0.4 is 9.47 Å². The van der Waals surface area contributed by atoms with Crippen LogP contribution in [0.5, 0.6) is 11.5 Å². The number of ether oxygens (including phenoxy) is 3. The van der Waals surface area contributed by atoms with E-state index in [2.05, 4.69) is 0 Å². The molecular weight excluding hydrogens is 354 g/mol. The molecule has 2 aromatic rings. The Labute approximate surface area is 156 Å². The summed E-state index contributed by atoms with van der Waals surface area (Å²) < 4.78 is 21.3. The van der Waals surface area contributed by atoms with Crippen molar-refractivity contribution < 1.29 is 33.3 Å². The average Bonchev–Trinajstić information content (AvgIpc) is 3.30. The van der Waals surface area contributed by atoms with E-state index in [4.69, 9.17) is 18.6 Å². The second-order valence-corrected chi connectivity index (χ2v) is 6.01. The highest BCUT2D eigenvalue weighted by molar-refractivity contribution is 5.96. The molecule has 0 atom stereocenters. The van der Waals surface area contributed by atoms with Crippen LogP contribution in [0.15, 0.2) is 28.7 Å². The number of carbonyl (C=O) groups is 2. The van der Waals surface area contributed by atoms with E-state index in [0.29, 0.717) is 37.6 Å². The number of hydrogen-bond acceptors (Lipinski definition) is 6. The van der Waals surface area contributed by atoms with E-state index in [1.54, 1.807) is 25.0 Å². The van der Waals surface area contributed by atoms with Crippen molar-refractivity contribution in [1.29, 1.82) is 0 Å². The zero-order valence-electron chi connectivity index (χ0n) is 15.2. The van der Waals surface area contributed by atoms with Gasteiger partial charge in [0.15, 0.2) is 17.3 Å². The Morgan fingerprint density at radius 1 is 1.22 bits per heavy atom. The highest BCUT2D eigenvalue weighted by Crippen LogP contribution is 2.33. The Hall–Kier alpha value is -3.00. The van der Waals surface area contributed by atoms with Gasteiger partial charge < -0.3 is 28.6 Å². The first-order valence-corrected chi connectivity index (χ1v) is 8.56. The average molecular weight is 375 g/mol. The molecule has 0 fully saturated rings. The van der Waals surface area contributed by atoms with E-state index in [0.717, 1.165) is 5.56 Å². The minimum absolute atomic E-state index is 0.00102. The molecule has 8 heteroatoms. The third-order valence-electron chi connectivity index (χ3n) is 4.23. The highest BCUT2D eigenvalue weighted by Gasteiger charge is 2.25. The molecule has 1 amide bonds. The molecule has 0 spiro atoms. The number of hydrogen-bond donors (Lipinski definition) is 1. The largest absolute Gasteiger partial charge is 0.478 e. The zero-order valence-corrected chi connectivity index (χ0v) is 15.2. The number of furan rings is 1. The molecule has 1 aliphatic heterocycles. The Morgan fingerprint density at radius 2 is 2.00 bits per heavy atom. The lowest BCUT2D eigenvalue weighted by Gasteiger charge is -2.21. The third kappa shape index (κ3) is 4.06. The van der Waals surface area contributed by atoms with Gasteiger partial charge in [-0.1, -0.05) is 13.0 Å². The van der Waals surface area contributed by atoms with E-state index in [-0.39, 0.29) is 23.9 Å². The van der Waals surface area contributed by atoms with Gasteiger partial charge in [0.2, 0.25) is 6.79 Å². The Bertz CT molecular complexity index is 843. The Balaban J connectivity index is 1.83. The number of nitrogens with zero attached hydrogens (tertiary/aromatic N) is 1. The molecule has 1 N–H and O–H groups in total. The molecule has 8 nitrogen and oxygen atoms in total. The summed E-state index contributed by atoms with van der Waals surface area (Å²) in [5, 5.41) is 9.27. The minimum atomic E-state index is -1.12. The van der Waals surface area contributed by atoms with Crippen LogP contribution in [-0.4, -0.2) is 48.9 Å². The van der Waals surface area contributed by atoms with Crippen LogP contribution in [0.4, 0.5) is 0 Å². The number of carboxylic acids is 1. The van der Waals surface area contributed by atoms with Gasteiger partial charge in [0.05, 0.1) is 6.61 Å². The molecule has 0 bridgehead atoms. The summed E-state index contributed by atoms with van der Waals surface area (Å²) in [5.41, 5.74) is 0.861. The van der Waals surface area contributed by atoms with Gasteiger partial charge in [0.1, 0.15) is 11.3 Å². The van der Waals surface area contributed by atoms with Crippen molar-refractivity contribution in [3.8, 4) is 11.5 Å². The Kier molecular flexibility index (Phi) is 5.66. The molecule has 144 valence electrons. The second-order valence-electron chi connectivity index (χ2n) is 6.01. The molecule has 0 unspecified atom stereocenters. The number of benzene rings is 1. The van der Waals surface area contributed by atoms with E-state index < -0.39 is 11.9 Å². The monoisotopic (exact) mass is 375 g/mol. The summed E-state index contributed by atoms with van der Waals surface area (Å²) in [6.45, 7) is 2.91. The molecule has 0 radical (unpaired) electrons. The first-order valence-electron chi connectivity index (χ1n) is 8.56. The zero-order chi connectivity index (χ0) is 19.4. The first-order chi connectivity index (χ1) is 13.0. The van der Waals surface area contributed by atoms with E-state index in [1.165, 1.54) is 6.07 Å². The van der Waals surface area contributed by atoms with E-state index in [1.807, 2.05) is 12.1 Å². The smallest absolute Gasteiger partial charge is 0.339 e. The standard InChI is InChI=1S/C19H21NO7/c1-3-14-13(19(22)23)9-17(27-14)18(21)20(6-7-24-2)10-12-4-5-15-16(8-12)26-11-25-15/h4-5,8-9H,3,6-7,10-11H2,1-2H3,(H,22,23). The fourth-order valence-electron chi connectivity index (χ4n) is 2.85. The van der Waals surface area contributed by atoms with E-state index >= 15 is 0 Å². The number of fused-ring (bicyclic) bond motifs is 1. The van der Waals surface area contributed by atoms with Crippen molar-refractivity contribution in [2.75, 3.05) is 27.1 Å². The maximum absolute atomic E-state index is 12.9. The SMILES string of the molecule is CCc1oc(C(=O)N(CCOC)Cc2ccc3c(c2)OCO3)cc1C(=O)O. The van der Waals surface area contributed by atoms with Crippen LogP contribution in [0.25, 0.3) is 0 Å². The molecule has 2 heterocycles. The van der Waals surface area contributed by atoms with Crippen molar-refractivity contribution in [3.63, 3.8) is 0 Å². The van der Waals surface area contributed by atoms with Gasteiger partial charge in [-0.2, -0.15) is 0 Å². The number of amides is 1. The molecular formula is C19H21NO7. The molecule has 3 rings (SSSR count). The predicted octanol–water partition coefficient (Wildman–Crippen LogP) is 2.56. The van der Waals surface area contributed by atoms with Crippen molar-refractivity contribution in [2.45, 2.75) is 19.9 Å².